The molecule has 0 N–H and O–H groups in total. The fourth-order valence-corrected chi connectivity index (χ4v) is 2.99. The summed E-state index contributed by atoms with van der Waals surface area (Å²) >= 11 is 1.30. The number of carbonyl (C=O) groups excluding carboxylic acids is 1. The maximum atomic E-state index is 12.7. The lowest BCUT2D eigenvalue weighted by molar-refractivity contribution is -0.137. The molecule has 4 nitrogen and oxygen atoms in total. The van der Waals surface area contributed by atoms with E-state index in [4.69, 9.17) is 4.74 Å². The number of thiazole rings is 1. The van der Waals surface area contributed by atoms with Gasteiger partial charge in [0.2, 0.25) is 0 Å². The van der Waals surface area contributed by atoms with Gasteiger partial charge < -0.3 is 4.74 Å². The average molecular weight is 364 g/mol. The first kappa shape index (κ1) is 17.1. The summed E-state index contributed by atoms with van der Waals surface area (Å²) < 4.78 is 43.1. The van der Waals surface area contributed by atoms with Gasteiger partial charge in [0.1, 0.15) is 10.7 Å². The van der Waals surface area contributed by atoms with E-state index < -0.39 is 17.7 Å². The molecule has 0 amide bonds. The molecule has 0 fully saturated rings. The van der Waals surface area contributed by atoms with E-state index in [1.165, 1.54) is 36.8 Å². The Morgan fingerprint density at radius 2 is 1.80 bits per heavy atom. The number of pyridine rings is 1. The summed E-state index contributed by atoms with van der Waals surface area (Å²) in [6.07, 6.45) is -1.36. The van der Waals surface area contributed by atoms with E-state index in [0.29, 0.717) is 21.8 Å². The minimum Gasteiger partial charge on any atom is -0.465 e. The predicted molar refractivity (Wildman–Crippen MR) is 87.1 cm³/mol. The topological polar surface area (TPSA) is 52.1 Å². The van der Waals surface area contributed by atoms with E-state index in [1.54, 1.807) is 17.6 Å². The van der Waals surface area contributed by atoms with Crippen molar-refractivity contribution < 1.29 is 22.7 Å². The number of carbonyl (C=O) groups is 1. The number of rotatable bonds is 3. The van der Waals surface area contributed by atoms with Gasteiger partial charge in [-0.3, -0.25) is 4.98 Å². The highest BCUT2D eigenvalue weighted by molar-refractivity contribution is 7.13. The second kappa shape index (κ2) is 6.64. The largest absolute Gasteiger partial charge is 0.465 e. The van der Waals surface area contributed by atoms with Gasteiger partial charge in [-0.25, -0.2) is 9.78 Å². The Kier molecular flexibility index (Phi) is 4.54. The standard InChI is InChI=1S/C17H11F3N2O2S/c1-24-16(23)13-12(6-7-21-14(13)15-22-8-9-25-15)10-2-4-11(5-3-10)17(18,19)20/h2-9H,1H3. The Balaban J connectivity index is 2.16. The van der Waals surface area contributed by atoms with E-state index >= 15 is 0 Å². The van der Waals surface area contributed by atoms with Gasteiger partial charge in [-0.05, 0) is 23.8 Å². The Morgan fingerprint density at radius 1 is 1.08 bits per heavy atom. The second-order valence-electron chi connectivity index (χ2n) is 4.99. The van der Waals surface area contributed by atoms with Crippen LogP contribution in [0.2, 0.25) is 0 Å². The molecule has 8 heteroatoms. The summed E-state index contributed by atoms with van der Waals surface area (Å²) in [6, 6.07) is 6.14. The highest BCUT2D eigenvalue weighted by Crippen LogP contribution is 2.34. The van der Waals surface area contributed by atoms with Gasteiger partial charge in [-0.15, -0.1) is 11.3 Å². The third-order valence-electron chi connectivity index (χ3n) is 3.50. The van der Waals surface area contributed by atoms with Crippen LogP contribution in [0.25, 0.3) is 21.8 Å². The van der Waals surface area contributed by atoms with Crippen molar-refractivity contribution in [2.75, 3.05) is 7.11 Å². The molecule has 0 aliphatic heterocycles. The maximum Gasteiger partial charge on any atom is 0.416 e. The lowest BCUT2D eigenvalue weighted by atomic mass is 9.98. The van der Waals surface area contributed by atoms with Crippen LogP contribution in [0.5, 0.6) is 0 Å². The summed E-state index contributed by atoms with van der Waals surface area (Å²) in [5.74, 6) is -0.631. The molecule has 0 saturated carbocycles. The molecule has 25 heavy (non-hydrogen) atoms. The molecule has 0 bridgehead atoms. The molecular weight excluding hydrogens is 353 g/mol. The zero-order chi connectivity index (χ0) is 18.0. The summed E-state index contributed by atoms with van der Waals surface area (Å²) in [4.78, 5) is 20.6. The minimum atomic E-state index is -4.42. The van der Waals surface area contributed by atoms with Crippen LogP contribution >= 0.6 is 11.3 Å². The normalized spacial score (nSPS) is 11.4. The van der Waals surface area contributed by atoms with Gasteiger partial charge in [0.25, 0.3) is 0 Å². The third-order valence-corrected chi connectivity index (χ3v) is 4.28. The fourth-order valence-electron chi connectivity index (χ4n) is 2.35. The lowest BCUT2D eigenvalue weighted by Gasteiger charge is -2.12. The number of nitrogens with zero attached hydrogens (tertiary/aromatic N) is 2. The van der Waals surface area contributed by atoms with Gasteiger partial charge in [0.15, 0.2) is 0 Å². The molecule has 0 unspecified atom stereocenters. The highest BCUT2D eigenvalue weighted by atomic mass is 32.1. The van der Waals surface area contributed by atoms with Crippen LogP contribution in [-0.4, -0.2) is 23.0 Å². The molecular formula is C17H11F3N2O2S. The number of alkyl halides is 3. The van der Waals surface area contributed by atoms with Crippen molar-refractivity contribution in [1.29, 1.82) is 0 Å². The van der Waals surface area contributed by atoms with Crippen LogP contribution in [0.3, 0.4) is 0 Å². The van der Waals surface area contributed by atoms with Crippen molar-refractivity contribution in [2.24, 2.45) is 0 Å². The first-order valence-corrected chi connectivity index (χ1v) is 7.94. The summed E-state index contributed by atoms with van der Waals surface area (Å²) in [7, 11) is 1.23. The SMILES string of the molecule is COC(=O)c1c(-c2ccc(C(F)(F)F)cc2)ccnc1-c1nccs1. The summed E-state index contributed by atoms with van der Waals surface area (Å²) in [5, 5.41) is 2.26. The first-order chi connectivity index (χ1) is 11.9. The molecule has 0 aliphatic carbocycles. The van der Waals surface area contributed by atoms with E-state index in [0.717, 1.165) is 12.1 Å². The predicted octanol–water partition coefficient (Wildman–Crippen LogP) is 4.68. The molecule has 0 saturated heterocycles. The second-order valence-corrected chi connectivity index (χ2v) is 5.88. The number of hydrogen-bond acceptors (Lipinski definition) is 5. The highest BCUT2D eigenvalue weighted by Gasteiger charge is 2.30. The van der Waals surface area contributed by atoms with Crippen LogP contribution in [-0.2, 0) is 10.9 Å². The molecule has 0 radical (unpaired) electrons. The summed E-state index contributed by atoms with van der Waals surface area (Å²) in [6.45, 7) is 0. The Labute approximate surface area is 144 Å². The molecule has 1 aromatic carbocycles. The zero-order valence-corrected chi connectivity index (χ0v) is 13.7. The molecule has 2 aromatic heterocycles. The quantitative estimate of drug-likeness (QED) is 0.634. The van der Waals surface area contributed by atoms with Gasteiger partial charge in [0.05, 0.1) is 18.2 Å². The molecule has 2 heterocycles. The lowest BCUT2D eigenvalue weighted by Crippen LogP contribution is -2.08. The van der Waals surface area contributed by atoms with E-state index in [1.807, 2.05) is 0 Å². The molecule has 3 rings (SSSR count). The Hall–Kier alpha value is -2.74. The Bertz CT molecular complexity index is 891. The van der Waals surface area contributed by atoms with Crippen LogP contribution in [0, 0.1) is 0 Å². The monoisotopic (exact) mass is 364 g/mol. The van der Waals surface area contributed by atoms with E-state index in [-0.39, 0.29) is 5.56 Å². The van der Waals surface area contributed by atoms with E-state index in [9.17, 15) is 18.0 Å². The molecule has 0 aliphatic rings. The average Bonchev–Trinajstić information content (AvgIpc) is 3.14. The van der Waals surface area contributed by atoms with Gasteiger partial charge in [0, 0.05) is 23.3 Å². The number of esters is 1. The molecule has 0 spiro atoms. The number of benzene rings is 1. The molecule has 0 atom stereocenters. The smallest absolute Gasteiger partial charge is 0.416 e. The fraction of sp³-hybridized carbons (Fsp3) is 0.118. The van der Waals surface area contributed by atoms with Gasteiger partial charge in [-0.1, -0.05) is 12.1 Å². The van der Waals surface area contributed by atoms with Crippen LogP contribution in [0.4, 0.5) is 13.2 Å². The third kappa shape index (κ3) is 3.39. The van der Waals surface area contributed by atoms with Crippen molar-refractivity contribution >= 4 is 17.3 Å². The van der Waals surface area contributed by atoms with Crippen molar-refractivity contribution in [3.8, 4) is 21.8 Å². The van der Waals surface area contributed by atoms with Gasteiger partial charge in [-0.2, -0.15) is 13.2 Å². The maximum absolute atomic E-state index is 12.7. The molecule has 128 valence electrons. The van der Waals surface area contributed by atoms with Gasteiger partial charge >= 0.3 is 12.1 Å². The Morgan fingerprint density at radius 3 is 2.36 bits per heavy atom. The van der Waals surface area contributed by atoms with Crippen molar-refractivity contribution in [3.05, 3.63) is 59.2 Å². The number of methoxy groups -OCH3 is 1. The zero-order valence-electron chi connectivity index (χ0n) is 12.9. The first-order valence-electron chi connectivity index (χ1n) is 7.06. The number of aromatic nitrogens is 2. The number of halogens is 3. The number of ether oxygens (including phenoxy) is 1. The van der Waals surface area contributed by atoms with Crippen LogP contribution in [0.1, 0.15) is 15.9 Å². The van der Waals surface area contributed by atoms with Crippen molar-refractivity contribution in [3.63, 3.8) is 0 Å². The van der Waals surface area contributed by atoms with E-state index in [2.05, 4.69) is 9.97 Å². The van der Waals surface area contributed by atoms with Crippen LogP contribution in [0.15, 0.2) is 48.1 Å². The summed E-state index contributed by atoms with van der Waals surface area (Å²) in [5.41, 5.74) is 0.624. The number of hydrogen-bond donors (Lipinski definition) is 0. The van der Waals surface area contributed by atoms with Crippen molar-refractivity contribution in [1.82, 2.24) is 9.97 Å². The molecule has 3 aromatic rings. The van der Waals surface area contributed by atoms with Crippen LogP contribution < -0.4 is 0 Å². The minimum absolute atomic E-state index is 0.166. The van der Waals surface area contributed by atoms with Crippen molar-refractivity contribution in [2.45, 2.75) is 6.18 Å².